The number of unbranched alkanes of at least 4 members (excludes halogenated alkanes) is 6. The number of rotatable bonds is 16. The Balaban J connectivity index is 1.05. The van der Waals surface area contributed by atoms with Crippen LogP contribution in [0, 0.1) is 0 Å². The normalized spacial score (nSPS) is 11.3. The third kappa shape index (κ3) is 8.22. The molecular weight excluding hydrogens is 484 g/mol. The number of hydrogen-bond donors (Lipinski definition) is 4. The molecule has 4 N–H and O–H groups in total. The average Bonchev–Trinajstić information content (AvgIpc) is 2.96. The van der Waals surface area contributed by atoms with Crippen molar-refractivity contribution in [3.63, 3.8) is 0 Å². The maximum atomic E-state index is 12.2. The molecule has 0 aliphatic carbocycles. The molecule has 0 aromatic heterocycles. The summed E-state index contributed by atoms with van der Waals surface area (Å²) in [5, 5.41) is 19.6. The van der Waals surface area contributed by atoms with Gasteiger partial charge in [-0.15, -0.1) is 0 Å². The third-order valence-electron chi connectivity index (χ3n) is 7.49. The van der Waals surface area contributed by atoms with Crippen molar-refractivity contribution in [2.75, 3.05) is 26.2 Å². The maximum Gasteiger partial charge on any atom is 0.314 e. The Bertz CT molecular complexity index is 1320. The monoisotopic (exact) mass is 528 g/mol. The summed E-state index contributed by atoms with van der Waals surface area (Å²) in [7, 11) is 0. The van der Waals surface area contributed by atoms with Crippen LogP contribution in [0.5, 0.6) is 0 Å². The smallest absolute Gasteiger partial charge is 0.314 e. The standard InChI is InChI=1S/C33H44N4O2/c1-2-21-34-32(38)35-22-8-6-4-3-5-7-9-23-36-33(39)37-24-11-14-25-15-16-28-18-17-26-12-10-13-27-19-20-29(25)31(28)30(26)27/h10,12-13,15-20H,2-9,11,14,21-24H2,1H3,(H2,34,35,38)(H2,36,37,39). The Morgan fingerprint density at radius 1 is 0.538 bits per heavy atom. The Kier molecular flexibility index (Phi) is 11.1. The number of aryl methyl sites for hydroxylation is 1. The summed E-state index contributed by atoms with van der Waals surface area (Å²) >= 11 is 0. The fourth-order valence-corrected chi connectivity index (χ4v) is 5.40. The summed E-state index contributed by atoms with van der Waals surface area (Å²) in [4.78, 5) is 23.6. The van der Waals surface area contributed by atoms with E-state index in [1.807, 2.05) is 6.92 Å². The van der Waals surface area contributed by atoms with Gasteiger partial charge < -0.3 is 21.3 Å². The van der Waals surface area contributed by atoms with Crippen LogP contribution in [0.15, 0.2) is 54.6 Å². The van der Waals surface area contributed by atoms with Crippen molar-refractivity contribution in [2.24, 2.45) is 0 Å². The highest BCUT2D eigenvalue weighted by Crippen LogP contribution is 2.36. The predicted molar refractivity (Wildman–Crippen MR) is 164 cm³/mol. The van der Waals surface area contributed by atoms with Gasteiger partial charge in [0.2, 0.25) is 0 Å². The van der Waals surface area contributed by atoms with Crippen LogP contribution in [0.1, 0.15) is 70.3 Å². The Morgan fingerprint density at radius 3 is 1.64 bits per heavy atom. The van der Waals surface area contributed by atoms with Gasteiger partial charge in [0, 0.05) is 26.2 Å². The van der Waals surface area contributed by atoms with E-state index in [4.69, 9.17) is 0 Å². The molecule has 0 fully saturated rings. The molecule has 0 aliphatic heterocycles. The van der Waals surface area contributed by atoms with Crippen molar-refractivity contribution < 1.29 is 9.59 Å². The van der Waals surface area contributed by atoms with Crippen LogP contribution in [-0.4, -0.2) is 38.2 Å². The second-order valence-corrected chi connectivity index (χ2v) is 10.5. The lowest BCUT2D eigenvalue weighted by Crippen LogP contribution is -2.36. The topological polar surface area (TPSA) is 82.3 Å². The van der Waals surface area contributed by atoms with Crippen LogP contribution in [0.3, 0.4) is 0 Å². The molecule has 0 saturated carbocycles. The summed E-state index contributed by atoms with van der Waals surface area (Å²) in [6.45, 7) is 4.90. The van der Waals surface area contributed by atoms with Crippen LogP contribution >= 0.6 is 0 Å². The van der Waals surface area contributed by atoms with Gasteiger partial charge in [0.25, 0.3) is 0 Å². The molecule has 208 valence electrons. The number of benzene rings is 4. The highest BCUT2D eigenvalue weighted by Gasteiger charge is 2.10. The molecule has 0 spiro atoms. The molecule has 0 saturated heterocycles. The van der Waals surface area contributed by atoms with Gasteiger partial charge in [0.1, 0.15) is 0 Å². The van der Waals surface area contributed by atoms with Gasteiger partial charge in [-0.05, 0) is 70.0 Å². The van der Waals surface area contributed by atoms with Crippen LogP contribution < -0.4 is 21.3 Å². The summed E-state index contributed by atoms with van der Waals surface area (Å²) < 4.78 is 0. The van der Waals surface area contributed by atoms with Crippen LogP contribution in [0.25, 0.3) is 32.3 Å². The average molecular weight is 529 g/mol. The van der Waals surface area contributed by atoms with Crippen LogP contribution in [0.2, 0.25) is 0 Å². The zero-order valence-electron chi connectivity index (χ0n) is 23.4. The first-order valence-electron chi connectivity index (χ1n) is 14.9. The molecule has 4 amide bonds. The van der Waals surface area contributed by atoms with E-state index in [2.05, 4.69) is 75.9 Å². The maximum absolute atomic E-state index is 12.2. The Labute approximate surface area is 232 Å². The Morgan fingerprint density at radius 2 is 1.03 bits per heavy atom. The van der Waals surface area contributed by atoms with Crippen molar-refractivity contribution in [3.05, 3.63) is 60.2 Å². The molecule has 0 radical (unpaired) electrons. The van der Waals surface area contributed by atoms with Crippen molar-refractivity contribution in [3.8, 4) is 0 Å². The minimum Gasteiger partial charge on any atom is -0.338 e. The highest BCUT2D eigenvalue weighted by molar-refractivity contribution is 6.23. The van der Waals surface area contributed by atoms with E-state index in [9.17, 15) is 9.59 Å². The first-order valence-corrected chi connectivity index (χ1v) is 14.9. The lowest BCUT2D eigenvalue weighted by molar-refractivity contribution is 0.240. The first-order chi connectivity index (χ1) is 19.2. The van der Waals surface area contributed by atoms with Gasteiger partial charge in [0.15, 0.2) is 0 Å². The third-order valence-corrected chi connectivity index (χ3v) is 7.49. The van der Waals surface area contributed by atoms with Gasteiger partial charge in [-0.25, -0.2) is 9.59 Å². The van der Waals surface area contributed by atoms with Gasteiger partial charge in [0.05, 0.1) is 0 Å². The van der Waals surface area contributed by atoms with Gasteiger partial charge >= 0.3 is 12.1 Å². The minimum absolute atomic E-state index is 0.0582. The lowest BCUT2D eigenvalue weighted by Gasteiger charge is -2.14. The molecular formula is C33H44N4O2. The lowest BCUT2D eigenvalue weighted by atomic mass is 9.91. The van der Waals surface area contributed by atoms with Gasteiger partial charge in [-0.3, -0.25) is 0 Å². The molecule has 6 heteroatoms. The molecule has 39 heavy (non-hydrogen) atoms. The largest absolute Gasteiger partial charge is 0.338 e. The summed E-state index contributed by atoms with van der Waals surface area (Å²) in [5.74, 6) is 0. The number of amides is 4. The molecule has 6 nitrogen and oxygen atoms in total. The van der Waals surface area contributed by atoms with Crippen molar-refractivity contribution in [2.45, 2.75) is 71.1 Å². The molecule has 0 atom stereocenters. The number of urea groups is 2. The summed E-state index contributed by atoms with van der Waals surface area (Å²) in [5.41, 5.74) is 1.34. The number of carbonyl (C=O) groups excluding carboxylic acids is 2. The Hall–Kier alpha value is -3.54. The zero-order chi connectivity index (χ0) is 27.3. The van der Waals surface area contributed by atoms with Gasteiger partial charge in [-0.1, -0.05) is 93.6 Å². The van der Waals surface area contributed by atoms with E-state index in [1.165, 1.54) is 57.1 Å². The van der Waals surface area contributed by atoms with Crippen molar-refractivity contribution in [1.82, 2.24) is 21.3 Å². The van der Waals surface area contributed by atoms with E-state index >= 15 is 0 Å². The summed E-state index contributed by atoms with van der Waals surface area (Å²) in [6.07, 6.45) is 10.7. The van der Waals surface area contributed by atoms with Gasteiger partial charge in [-0.2, -0.15) is 0 Å². The minimum atomic E-state index is -0.0687. The number of nitrogens with one attached hydrogen (secondary N) is 4. The van der Waals surface area contributed by atoms with Crippen molar-refractivity contribution in [1.29, 1.82) is 0 Å². The highest BCUT2D eigenvalue weighted by atomic mass is 16.2. The fraction of sp³-hybridized carbons (Fsp3) is 0.455. The molecule has 0 unspecified atom stereocenters. The predicted octanol–water partition coefficient (Wildman–Crippen LogP) is 7.26. The molecule has 4 rings (SSSR count). The molecule has 0 aliphatic rings. The zero-order valence-corrected chi connectivity index (χ0v) is 23.4. The number of carbonyl (C=O) groups is 2. The molecule has 4 aromatic rings. The SMILES string of the molecule is CCCNC(=O)NCCCCCCCCCNC(=O)NCCCc1ccc2ccc3cccc4ccc1c2c34. The van der Waals surface area contributed by atoms with E-state index in [0.29, 0.717) is 6.54 Å². The van der Waals surface area contributed by atoms with Crippen LogP contribution in [0.4, 0.5) is 9.59 Å². The van der Waals surface area contributed by atoms with Crippen molar-refractivity contribution >= 4 is 44.4 Å². The molecule has 0 heterocycles. The quantitative estimate of drug-likeness (QED) is 0.0912. The molecule has 0 bridgehead atoms. The molecule has 4 aromatic carbocycles. The van der Waals surface area contributed by atoms with E-state index in [1.54, 1.807) is 0 Å². The number of hydrogen-bond acceptors (Lipinski definition) is 2. The fourth-order valence-electron chi connectivity index (χ4n) is 5.40. The second kappa shape index (κ2) is 15.2. The van der Waals surface area contributed by atoms with Crippen LogP contribution in [-0.2, 0) is 6.42 Å². The second-order valence-electron chi connectivity index (χ2n) is 10.5. The van der Waals surface area contributed by atoms with E-state index < -0.39 is 0 Å². The summed E-state index contributed by atoms with van der Waals surface area (Å²) in [6, 6.07) is 19.8. The first kappa shape index (κ1) is 28.5. The van der Waals surface area contributed by atoms with E-state index in [0.717, 1.165) is 64.6 Å². The van der Waals surface area contributed by atoms with E-state index in [-0.39, 0.29) is 12.1 Å².